The van der Waals surface area contributed by atoms with Crippen LogP contribution in [-0.4, -0.2) is 0 Å². The molecule has 0 amide bonds. The molecule has 0 atom stereocenters. The van der Waals surface area contributed by atoms with Crippen LogP contribution < -0.4 is 0 Å². The topological polar surface area (TPSA) is 13.1 Å². The van der Waals surface area contributed by atoms with Gasteiger partial charge in [-0.25, -0.2) is 0 Å². The molecule has 0 fully saturated rings. The van der Waals surface area contributed by atoms with E-state index in [-0.39, 0.29) is 0 Å². The maximum Gasteiger partial charge on any atom is 0.136 e. The lowest BCUT2D eigenvalue weighted by Gasteiger charge is -2.20. The minimum atomic E-state index is 0.913. The van der Waals surface area contributed by atoms with E-state index in [1.165, 1.54) is 107 Å². The van der Waals surface area contributed by atoms with Gasteiger partial charge in [0.1, 0.15) is 11.2 Å². The molecule has 268 valence electrons. The summed E-state index contributed by atoms with van der Waals surface area (Å²) >= 11 is 1.86. The highest BCUT2D eigenvalue weighted by atomic mass is 32.1. The first-order chi connectivity index (χ1) is 28.8. The van der Waals surface area contributed by atoms with E-state index in [0.717, 1.165) is 21.9 Å². The van der Waals surface area contributed by atoms with E-state index in [0.29, 0.717) is 0 Å². The molecule has 13 aromatic rings. The monoisotopic (exact) mass is 752 g/mol. The molecule has 58 heavy (non-hydrogen) atoms. The molecule has 11 aromatic carbocycles. The summed E-state index contributed by atoms with van der Waals surface area (Å²) in [5.41, 5.74) is 9.30. The second-order valence-corrected chi connectivity index (χ2v) is 16.5. The van der Waals surface area contributed by atoms with Crippen molar-refractivity contribution in [2.45, 2.75) is 0 Å². The molecule has 0 unspecified atom stereocenters. The first-order valence-electron chi connectivity index (χ1n) is 19.9. The summed E-state index contributed by atoms with van der Waals surface area (Å²) in [7, 11) is 0. The zero-order chi connectivity index (χ0) is 37.9. The van der Waals surface area contributed by atoms with Gasteiger partial charge in [0, 0.05) is 30.9 Å². The van der Waals surface area contributed by atoms with Crippen molar-refractivity contribution >= 4 is 107 Å². The van der Waals surface area contributed by atoms with Crippen LogP contribution in [0.3, 0.4) is 0 Å². The predicted octanol–water partition coefficient (Wildman–Crippen LogP) is 16.7. The van der Waals surface area contributed by atoms with Gasteiger partial charge in [-0.15, -0.1) is 11.3 Å². The van der Waals surface area contributed by atoms with Crippen LogP contribution in [0, 0.1) is 0 Å². The normalized spacial score (nSPS) is 12.1. The first kappa shape index (κ1) is 31.9. The standard InChI is InChI=1S/C56H32OS/c1-3-15-36-33(12-1)14-11-23-41(36)54-42-19-7-9-21-44(42)55(45-22-10-8-20-43(45)54)46-28-27-37(39-17-5-6-18-40(39)46)35-25-29-51-48(30-35)49-31-50-47-26-24-34-13-2-4-16-38(34)56(47)58-53(50)32-52(49)57-51/h1-32H. The Morgan fingerprint density at radius 1 is 0.293 bits per heavy atom. The van der Waals surface area contributed by atoms with Gasteiger partial charge in [0.15, 0.2) is 0 Å². The maximum absolute atomic E-state index is 6.55. The number of thiophene rings is 1. The van der Waals surface area contributed by atoms with Crippen molar-refractivity contribution in [3.05, 3.63) is 194 Å². The maximum atomic E-state index is 6.55. The number of hydrogen-bond acceptors (Lipinski definition) is 2. The Hall–Kier alpha value is -7.26. The second kappa shape index (κ2) is 12.1. The Kier molecular flexibility index (Phi) is 6.66. The van der Waals surface area contributed by atoms with Crippen LogP contribution >= 0.6 is 11.3 Å². The molecule has 13 rings (SSSR count). The fraction of sp³-hybridized carbons (Fsp3) is 0. The SMILES string of the molecule is c1ccc2c(-c3c4ccccc4c(-c4ccc(-c5ccc6oc7cc8sc9c%10ccccc%10ccc9c8cc7c6c5)c5ccccc45)c4ccccc34)cccc2c1. The van der Waals surface area contributed by atoms with Gasteiger partial charge < -0.3 is 4.42 Å². The van der Waals surface area contributed by atoms with Crippen molar-refractivity contribution in [1.29, 1.82) is 0 Å². The van der Waals surface area contributed by atoms with Crippen molar-refractivity contribution in [2.24, 2.45) is 0 Å². The lowest BCUT2D eigenvalue weighted by molar-refractivity contribution is 0.669. The van der Waals surface area contributed by atoms with E-state index in [9.17, 15) is 0 Å². The number of benzene rings is 11. The molecule has 2 aromatic heterocycles. The van der Waals surface area contributed by atoms with Crippen LogP contribution in [0.15, 0.2) is 199 Å². The van der Waals surface area contributed by atoms with E-state index in [4.69, 9.17) is 4.42 Å². The minimum Gasteiger partial charge on any atom is -0.456 e. The van der Waals surface area contributed by atoms with Gasteiger partial charge in [-0.2, -0.15) is 0 Å². The van der Waals surface area contributed by atoms with Crippen LogP contribution in [0.2, 0.25) is 0 Å². The van der Waals surface area contributed by atoms with E-state index in [1.807, 2.05) is 11.3 Å². The molecule has 0 radical (unpaired) electrons. The Morgan fingerprint density at radius 2 is 0.828 bits per heavy atom. The van der Waals surface area contributed by atoms with Gasteiger partial charge in [0.25, 0.3) is 0 Å². The van der Waals surface area contributed by atoms with Gasteiger partial charge >= 0.3 is 0 Å². The number of rotatable bonds is 3. The summed E-state index contributed by atoms with van der Waals surface area (Å²) in [6, 6.07) is 71.5. The Balaban J connectivity index is 1.02. The molecule has 2 heterocycles. The predicted molar refractivity (Wildman–Crippen MR) is 250 cm³/mol. The molecule has 0 saturated heterocycles. The van der Waals surface area contributed by atoms with Crippen molar-refractivity contribution in [3.8, 4) is 33.4 Å². The third-order valence-corrected chi connectivity index (χ3v) is 13.6. The summed E-state index contributed by atoms with van der Waals surface area (Å²) in [5, 5.41) is 17.5. The van der Waals surface area contributed by atoms with E-state index >= 15 is 0 Å². The highest BCUT2D eigenvalue weighted by Gasteiger charge is 2.21. The fourth-order valence-electron chi connectivity index (χ4n) is 9.86. The van der Waals surface area contributed by atoms with E-state index in [1.54, 1.807) is 0 Å². The van der Waals surface area contributed by atoms with Crippen molar-refractivity contribution in [2.75, 3.05) is 0 Å². The largest absolute Gasteiger partial charge is 0.456 e. The quantitative estimate of drug-likeness (QED) is 0.164. The Bertz CT molecular complexity index is 3800. The summed E-state index contributed by atoms with van der Waals surface area (Å²) in [5.74, 6) is 0. The lowest BCUT2D eigenvalue weighted by Crippen LogP contribution is -1.93. The average molecular weight is 753 g/mol. The summed E-state index contributed by atoms with van der Waals surface area (Å²) < 4.78 is 9.14. The van der Waals surface area contributed by atoms with Crippen molar-refractivity contribution in [3.63, 3.8) is 0 Å². The van der Waals surface area contributed by atoms with Gasteiger partial charge in [-0.3, -0.25) is 0 Å². The molecule has 1 nitrogen and oxygen atoms in total. The highest BCUT2D eigenvalue weighted by Crippen LogP contribution is 2.48. The molecule has 0 aliphatic rings. The zero-order valence-corrected chi connectivity index (χ0v) is 32.1. The smallest absolute Gasteiger partial charge is 0.136 e. The number of fused-ring (bicyclic) bond motifs is 12. The molecule has 0 spiro atoms. The lowest BCUT2D eigenvalue weighted by atomic mass is 9.83. The van der Waals surface area contributed by atoms with Crippen LogP contribution in [0.1, 0.15) is 0 Å². The van der Waals surface area contributed by atoms with Crippen LogP contribution in [0.5, 0.6) is 0 Å². The molecule has 2 heteroatoms. The number of furan rings is 1. The average Bonchev–Trinajstić information content (AvgIpc) is 3.84. The Labute approximate surface area is 337 Å². The highest BCUT2D eigenvalue weighted by molar-refractivity contribution is 7.26. The van der Waals surface area contributed by atoms with Gasteiger partial charge in [-0.1, -0.05) is 170 Å². The van der Waals surface area contributed by atoms with Crippen molar-refractivity contribution in [1.82, 2.24) is 0 Å². The fourth-order valence-corrected chi connectivity index (χ4v) is 11.1. The minimum absolute atomic E-state index is 0.913. The molecule has 0 aliphatic carbocycles. The van der Waals surface area contributed by atoms with Gasteiger partial charge in [0.2, 0.25) is 0 Å². The van der Waals surface area contributed by atoms with E-state index in [2.05, 4.69) is 194 Å². The van der Waals surface area contributed by atoms with Crippen LogP contribution in [0.4, 0.5) is 0 Å². The Morgan fingerprint density at radius 3 is 1.53 bits per heavy atom. The molecular formula is C56H32OS. The summed E-state index contributed by atoms with van der Waals surface area (Å²) in [6.07, 6.45) is 0. The van der Waals surface area contributed by atoms with Crippen molar-refractivity contribution < 1.29 is 4.42 Å². The molecule has 0 bridgehead atoms. The zero-order valence-electron chi connectivity index (χ0n) is 31.3. The van der Waals surface area contributed by atoms with Crippen LogP contribution in [-0.2, 0) is 0 Å². The molecule has 0 N–H and O–H groups in total. The summed E-state index contributed by atoms with van der Waals surface area (Å²) in [6.45, 7) is 0. The summed E-state index contributed by atoms with van der Waals surface area (Å²) in [4.78, 5) is 0. The third-order valence-electron chi connectivity index (χ3n) is 12.4. The molecule has 0 saturated carbocycles. The van der Waals surface area contributed by atoms with Crippen LogP contribution in [0.25, 0.3) is 129 Å². The van der Waals surface area contributed by atoms with E-state index < -0.39 is 0 Å². The van der Waals surface area contributed by atoms with Gasteiger partial charge in [0.05, 0.1) is 0 Å². The second-order valence-electron chi connectivity index (χ2n) is 15.5. The molecule has 0 aliphatic heterocycles. The van der Waals surface area contributed by atoms with Gasteiger partial charge in [-0.05, 0) is 112 Å². The number of hydrogen-bond donors (Lipinski definition) is 0. The molecular weight excluding hydrogens is 721 g/mol. The third kappa shape index (κ3) is 4.52. The first-order valence-corrected chi connectivity index (χ1v) is 20.7.